The monoisotopic (exact) mass is 258 g/mol. The molecule has 2 aromatic rings. The molecule has 3 heterocycles. The van der Waals surface area contributed by atoms with Gasteiger partial charge in [0.25, 0.3) is 0 Å². The molecule has 4 heteroatoms. The zero-order valence-electron chi connectivity index (χ0n) is 11.7. The normalized spacial score (nSPS) is 20.7. The molecular weight excluding hydrogens is 236 g/mol. The van der Waals surface area contributed by atoms with E-state index < -0.39 is 0 Å². The van der Waals surface area contributed by atoms with Gasteiger partial charge in [0.05, 0.1) is 11.7 Å². The summed E-state index contributed by atoms with van der Waals surface area (Å²) < 4.78 is 2.16. The zero-order chi connectivity index (χ0) is 13.4. The van der Waals surface area contributed by atoms with E-state index in [4.69, 9.17) is 5.73 Å². The molecule has 2 aromatic heterocycles. The molecule has 2 N–H and O–H groups in total. The Bertz CT molecular complexity index is 573. The molecule has 19 heavy (non-hydrogen) atoms. The average Bonchev–Trinajstić information content (AvgIpc) is 2.97. The lowest BCUT2D eigenvalue weighted by Crippen LogP contribution is -2.37. The van der Waals surface area contributed by atoms with Gasteiger partial charge in [-0.1, -0.05) is 0 Å². The van der Waals surface area contributed by atoms with Crippen LogP contribution in [0.25, 0.3) is 5.52 Å². The Morgan fingerprint density at radius 2 is 2.32 bits per heavy atom. The van der Waals surface area contributed by atoms with Gasteiger partial charge in [-0.3, -0.25) is 4.90 Å². The molecule has 3 rings (SSSR count). The van der Waals surface area contributed by atoms with Crippen LogP contribution < -0.4 is 5.73 Å². The lowest BCUT2D eigenvalue weighted by Gasteiger charge is -2.27. The fraction of sp³-hybridized carbons (Fsp3) is 0.533. The minimum absolute atomic E-state index is 0.620. The Morgan fingerprint density at radius 1 is 1.47 bits per heavy atom. The number of fused-ring (bicyclic) bond motifs is 1. The summed E-state index contributed by atoms with van der Waals surface area (Å²) in [6, 6.07) is 5.16. The minimum atomic E-state index is 0.620. The van der Waals surface area contributed by atoms with Gasteiger partial charge >= 0.3 is 0 Å². The maximum atomic E-state index is 5.81. The van der Waals surface area contributed by atoms with Gasteiger partial charge < -0.3 is 10.1 Å². The summed E-state index contributed by atoms with van der Waals surface area (Å²) in [4.78, 5) is 7.17. The molecule has 1 unspecified atom stereocenters. The zero-order valence-corrected chi connectivity index (χ0v) is 11.7. The van der Waals surface area contributed by atoms with Crippen molar-refractivity contribution in [2.75, 3.05) is 12.3 Å². The Balaban J connectivity index is 1.85. The van der Waals surface area contributed by atoms with Crippen molar-refractivity contribution in [2.45, 2.75) is 45.2 Å². The smallest absolute Gasteiger partial charge is 0.114 e. The Labute approximate surface area is 114 Å². The predicted molar refractivity (Wildman–Crippen MR) is 78.2 cm³/mol. The lowest BCUT2D eigenvalue weighted by atomic mass is 10.1. The van der Waals surface area contributed by atoms with Crippen LogP contribution in [0.1, 0.15) is 32.5 Å². The summed E-state index contributed by atoms with van der Waals surface area (Å²) in [6.45, 7) is 5.78. The van der Waals surface area contributed by atoms with Gasteiger partial charge in [-0.15, -0.1) is 0 Å². The second-order valence-corrected chi connectivity index (χ2v) is 5.76. The van der Waals surface area contributed by atoms with Crippen LogP contribution in [-0.4, -0.2) is 32.9 Å². The summed E-state index contributed by atoms with van der Waals surface area (Å²) in [5.41, 5.74) is 7.69. The highest BCUT2D eigenvalue weighted by Crippen LogP contribution is 2.23. The molecule has 0 saturated carbocycles. The van der Waals surface area contributed by atoms with Crippen LogP contribution in [0.15, 0.2) is 24.5 Å². The predicted octanol–water partition coefficient (Wildman–Crippen LogP) is 2.33. The quantitative estimate of drug-likeness (QED) is 0.919. The van der Waals surface area contributed by atoms with E-state index in [0.717, 1.165) is 23.4 Å². The number of aromatic nitrogens is 2. The molecule has 1 aliphatic heterocycles. The molecule has 1 fully saturated rings. The van der Waals surface area contributed by atoms with Crippen LogP contribution in [0.2, 0.25) is 0 Å². The summed E-state index contributed by atoms with van der Waals surface area (Å²) in [7, 11) is 0. The third-order valence-electron chi connectivity index (χ3n) is 4.14. The topological polar surface area (TPSA) is 46.6 Å². The van der Waals surface area contributed by atoms with Crippen LogP contribution >= 0.6 is 0 Å². The number of hydrogen-bond donors (Lipinski definition) is 1. The molecule has 0 aliphatic carbocycles. The van der Waals surface area contributed by atoms with Crippen molar-refractivity contribution >= 4 is 11.2 Å². The number of hydrogen-bond acceptors (Lipinski definition) is 3. The number of imidazole rings is 1. The van der Waals surface area contributed by atoms with Crippen molar-refractivity contribution in [2.24, 2.45) is 0 Å². The third kappa shape index (κ3) is 2.32. The summed E-state index contributed by atoms with van der Waals surface area (Å²) in [5, 5.41) is 0. The molecular formula is C15H22N4. The first kappa shape index (κ1) is 12.5. The molecule has 0 spiro atoms. The SMILES string of the molecule is CC(C)N1CCCC1Cc1ncc2cc(N)ccn12. The van der Waals surface area contributed by atoms with Gasteiger partial charge in [0, 0.05) is 30.4 Å². The molecule has 0 amide bonds. The standard InChI is InChI=1S/C15H22N4/c1-11(2)18-6-3-4-13(18)9-15-17-10-14-8-12(16)5-7-19(14)15/h5,7-8,10-11,13H,3-4,6,9,16H2,1-2H3. The number of anilines is 1. The molecule has 0 aromatic carbocycles. The number of nitrogens with two attached hydrogens (primary N) is 1. The molecule has 102 valence electrons. The van der Waals surface area contributed by atoms with Crippen LogP contribution in [0.3, 0.4) is 0 Å². The maximum absolute atomic E-state index is 5.81. The first-order valence-electron chi connectivity index (χ1n) is 7.12. The van der Waals surface area contributed by atoms with E-state index in [1.807, 2.05) is 24.5 Å². The van der Waals surface area contributed by atoms with Crippen LogP contribution in [0.5, 0.6) is 0 Å². The number of nitrogen functional groups attached to an aromatic ring is 1. The molecule has 1 saturated heterocycles. The van der Waals surface area contributed by atoms with E-state index in [0.29, 0.717) is 12.1 Å². The van der Waals surface area contributed by atoms with Gasteiger partial charge in [-0.05, 0) is 45.4 Å². The highest BCUT2D eigenvalue weighted by molar-refractivity contribution is 5.55. The van der Waals surface area contributed by atoms with Gasteiger partial charge in [0.1, 0.15) is 5.82 Å². The van der Waals surface area contributed by atoms with Crippen molar-refractivity contribution in [1.82, 2.24) is 14.3 Å². The number of rotatable bonds is 3. The Kier molecular flexibility index (Phi) is 3.19. The number of likely N-dealkylation sites (tertiary alicyclic amines) is 1. The molecule has 0 radical (unpaired) electrons. The van der Waals surface area contributed by atoms with Gasteiger partial charge in [-0.2, -0.15) is 0 Å². The largest absolute Gasteiger partial charge is 0.399 e. The summed E-state index contributed by atoms with van der Waals surface area (Å²) in [6.07, 6.45) is 7.56. The first-order valence-corrected chi connectivity index (χ1v) is 7.12. The van der Waals surface area contributed by atoms with E-state index in [2.05, 4.69) is 28.1 Å². The highest BCUT2D eigenvalue weighted by Gasteiger charge is 2.27. The highest BCUT2D eigenvalue weighted by atomic mass is 15.2. The van der Waals surface area contributed by atoms with Crippen molar-refractivity contribution in [3.8, 4) is 0 Å². The maximum Gasteiger partial charge on any atom is 0.114 e. The second-order valence-electron chi connectivity index (χ2n) is 5.76. The average molecular weight is 258 g/mol. The van der Waals surface area contributed by atoms with Crippen LogP contribution in [-0.2, 0) is 6.42 Å². The molecule has 4 nitrogen and oxygen atoms in total. The van der Waals surface area contributed by atoms with E-state index >= 15 is 0 Å². The third-order valence-corrected chi connectivity index (χ3v) is 4.14. The number of pyridine rings is 1. The molecule has 1 atom stereocenters. The van der Waals surface area contributed by atoms with Crippen molar-refractivity contribution < 1.29 is 0 Å². The number of nitrogens with zero attached hydrogens (tertiary/aromatic N) is 3. The van der Waals surface area contributed by atoms with E-state index in [-0.39, 0.29) is 0 Å². The van der Waals surface area contributed by atoms with Crippen molar-refractivity contribution in [1.29, 1.82) is 0 Å². The van der Waals surface area contributed by atoms with Crippen LogP contribution in [0, 0.1) is 0 Å². The fourth-order valence-electron chi connectivity index (χ4n) is 3.19. The summed E-state index contributed by atoms with van der Waals surface area (Å²) >= 11 is 0. The Morgan fingerprint density at radius 3 is 3.11 bits per heavy atom. The van der Waals surface area contributed by atoms with E-state index in [1.54, 1.807) is 0 Å². The van der Waals surface area contributed by atoms with Gasteiger partial charge in [0.15, 0.2) is 0 Å². The fourth-order valence-corrected chi connectivity index (χ4v) is 3.19. The van der Waals surface area contributed by atoms with Crippen LogP contribution in [0.4, 0.5) is 5.69 Å². The minimum Gasteiger partial charge on any atom is -0.399 e. The van der Waals surface area contributed by atoms with Crippen molar-refractivity contribution in [3.63, 3.8) is 0 Å². The molecule has 0 bridgehead atoms. The van der Waals surface area contributed by atoms with E-state index in [1.165, 1.54) is 19.4 Å². The van der Waals surface area contributed by atoms with Crippen molar-refractivity contribution in [3.05, 3.63) is 30.4 Å². The second kappa shape index (κ2) is 4.85. The van der Waals surface area contributed by atoms with Gasteiger partial charge in [-0.25, -0.2) is 4.98 Å². The first-order chi connectivity index (χ1) is 9.15. The Hall–Kier alpha value is -1.55. The summed E-state index contributed by atoms with van der Waals surface area (Å²) in [5.74, 6) is 1.15. The van der Waals surface area contributed by atoms with E-state index in [9.17, 15) is 0 Å². The molecule has 1 aliphatic rings. The lowest BCUT2D eigenvalue weighted by molar-refractivity contribution is 0.201. The van der Waals surface area contributed by atoms with Gasteiger partial charge in [0.2, 0.25) is 0 Å².